The average molecular weight is 156 g/mol. The molecule has 0 saturated carbocycles. The van der Waals surface area contributed by atoms with Gasteiger partial charge >= 0.3 is 0 Å². The third kappa shape index (κ3) is 0.593. The third-order valence-corrected chi connectivity index (χ3v) is 2.06. The molecule has 0 aliphatic heterocycles. The molecule has 0 aliphatic carbocycles. The normalized spacial score (nSPS) is 11.3. The first kappa shape index (κ1) is 5.89. The van der Waals surface area contributed by atoms with E-state index in [2.05, 4.69) is 18.4 Å². The number of rotatable bonds is 0. The van der Waals surface area contributed by atoms with Crippen LogP contribution in [0.5, 0.6) is 0 Å². The highest BCUT2D eigenvalue weighted by Crippen LogP contribution is 2.19. The van der Waals surface area contributed by atoms with Gasteiger partial charge in [-0.2, -0.15) is 0 Å². The second-order valence-corrected chi connectivity index (χ2v) is 2.76. The van der Waals surface area contributed by atoms with Crippen molar-refractivity contribution >= 4 is 16.6 Å². The van der Waals surface area contributed by atoms with Gasteiger partial charge in [0.15, 0.2) is 6.26 Å². The molecule has 0 N–H and O–H groups in total. The van der Waals surface area contributed by atoms with E-state index in [0.717, 1.165) is 11.2 Å². The van der Waals surface area contributed by atoms with Crippen LogP contribution in [0, 0.1) is 6.26 Å². The van der Waals surface area contributed by atoms with E-state index in [1.807, 2.05) is 22.6 Å². The van der Waals surface area contributed by atoms with Gasteiger partial charge in [0.2, 0.25) is 5.71 Å². The number of para-hydroxylation sites is 1. The Morgan fingerprint density at radius 1 is 1.25 bits per heavy atom. The molecule has 0 bridgehead atoms. The number of fused-ring (bicyclic) bond motifs is 3. The van der Waals surface area contributed by atoms with Gasteiger partial charge in [-0.3, -0.25) is 4.40 Å². The fourth-order valence-electron chi connectivity index (χ4n) is 1.50. The summed E-state index contributed by atoms with van der Waals surface area (Å²) in [7, 11) is 0. The summed E-state index contributed by atoms with van der Waals surface area (Å²) in [5.41, 5.74) is 2.01. The molecule has 12 heavy (non-hydrogen) atoms. The van der Waals surface area contributed by atoms with Gasteiger partial charge < -0.3 is 4.42 Å². The van der Waals surface area contributed by atoms with E-state index in [-0.39, 0.29) is 0 Å². The van der Waals surface area contributed by atoms with E-state index >= 15 is 0 Å². The van der Waals surface area contributed by atoms with Crippen LogP contribution in [0.1, 0.15) is 0 Å². The number of benzene rings is 1. The van der Waals surface area contributed by atoms with Crippen LogP contribution in [-0.2, 0) is 0 Å². The Bertz CT molecular complexity index is 532. The molecule has 2 nitrogen and oxygen atoms in total. The van der Waals surface area contributed by atoms with Gasteiger partial charge in [0, 0.05) is 11.5 Å². The van der Waals surface area contributed by atoms with E-state index in [9.17, 15) is 0 Å². The molecule has 0 saturated heterocycles. The van der Waals surface area contributed by atoms with E-state index in [1.165, 1.54) is 5.39 Å². The summed E-state index contributed by atoms with van der Waals surface area (Å²) in [4.78, 5) is 0. The number of hydrogen-bond donors (Lipinski definition) is 0. The lowest BCUT2D eigenvalue weighted by molar-refractivity contribution is 0.600. The molecule has 0 fully saturated rings. The molecule has 2 aromatic heterocycles. The zero-order valence-corrected chi connectivity index (χ0v) is 6.32. The number of aromatic nitrogens is 1. The lowest BCUT2D eigenvalue weighted by Gasteiger charge is -1.87. The van der Waals surface area contributed by atoms with Gasteiger partial charge in [0.25, 0.3) is 0 Å². The van der Waals surface area contributed by atoms with Crippen LogP contribution >= 0.6 is 0 Å². The molecule has 57 valence electrons. The minimum Gasteiger partial charge on any atom is -0.435 e. The van der Waals surface area contributed by atoms with Crippen LogP contribution in [0.2, 0.25) is 0 Å². The number of nitrogens with zero attached hydrogens (tertiary/aromatic N) is 1. The fraction of sp³-hybridized carbons (Fsp3) is 0. The predicted molar refractivity (Wildman–Crippen MR) is 46.0 cm³/mol. The molecule has 0 aliphatic rings. The van der Waals surface area contributed by atoms with Crippen LogP contribution in [0.3, 0.4) is 0 Å². The Hall–Kier alpha value is -1.70. The van der Waals surface area contributed by atoms with Crippen molar-refractivity contribution in [1.29, 1.82) is 0 Å². The molecule has 2 heterocycles. The first-order chi connectivity index (χ1) is 5.95. The predicted octanol–water partition coefficient (Wildman–Crippen LogP) is 2.49. The summed E-state index contributed by atoms with van der Waals surface area (Å²) < 4.78 is 7.12. The molecule has 1 aromatic carbocycles. The maximum Gasteiger partial charge on any atom is 0.205 e. The Kier molecular flexibility index (Phi) is 0.939. The molecule has 1 radical (unpaired) electrons. The number of hydrogen-bond acceptors (Lipinski definition) is 1. The molecule has 0 unspecified atom stereocenters. The topological polar surface area (TPSA) is 17.6 Å². The van der Waals surface area contributed by atoms with E-state index in [4.69, 9.17) is 4.42 Å². The third-order valence-electron chi connectivity index (χ3n) is 2.06. The monoisotopic (exact) mass is 156 g/mol. The molecule has 2 heteroatoms. The van der Waals surface area contributed by atoms with Crippen molar-refractivity contribution in [3.63, 3.8) is 0 Å². The quantitative estimate of drug-likeness (QED) is 0.488. The Labute approximate surface area is 69.0 Å². The van der Waals surface area contributed by atoms with Crippen molar-refractivity contribution in [3.05, 3.63) is 42.8 Å². The van der Waals surface area contributed by atoms with E-state index in [1.54, 1.807) is 6.20 Å². The van der Waals surface area contributed by atoms with Crippen molar-refractivity contribution < 1.29 is 4.42 Å². The van der Waals surface area contributed by atoms with Crippen LogP contribution in [0.25, 0.3) is 16.6 Å². The van der Waals surface area contributed by atoms with Crippen molar-refractivity contribution in [2.24, 2.45) is 0 Å². The average Bonchev–Trinajstić information content (AvgIpc) is 2.62. The van der Waals surface area contributed by atoms with Gasteiger partial charge in [0.1, 0.15) is 0 Å². The molecule has 0 spiro atoms. The smallest absolute Gasteiger partial charge is 0.205 e. The first-order valence-electron chi connectivity index (χ1n) is 3.81. The van der Waals surface area contributed by atoms with Crippen LogP contribution < -0.4 is 0 Å². The highest BCUT2D eigenvalue weighted by molar-refractivity contribution is 5.85. The van der Waals surface area contributed by atoms with Gasteiger partial charge in [-0.1, -0.05) is 18.2 Å². The second-order valence-electron chi connectivity index (χ2n) is 2.76. The zero-order chi connectivity index (χ0) is 7.97. The number of oxazole rings is 1. The maximum absolute atomic E-state index is 5.14. The van der Waals surface area contributed by atoms with Crippen molar-refractivity contribution in [2.45, 2.75) is 0 Å². The van der Waals surface area contributed by atoms with Crippen LogP contribution in [-0.4, -0.2) is 4.40 Å². The van der Waals surface area contributed by atoms with Gasteiger partial charge in [-0.15, -0.1) is 0 Å². The largest absolute Gasteiger partial charge is 0.435 e. The van der Waals surface area contributed by atoms with Gasteiger partial charge in [-0.05, 0) is 6.07 Å². The second kappa shape index (κ2) is 1.91. The minimum absolute atomic E-state index is 0.844. The highest BCUT2D eigenvalue weighted by atomic mass is 16.3. The zero-order valence-electron chi connectivity index (χ0n) is 6.32. The van der Waals surface area contributed by atoms with E-state index < -0.39 is 0 Å². The lowest BCUT2D eigenvalue weighted by atomic mass is 10.2. The summed E-state index contributed by atoms with van der Waals surface area (Å²) in [5.74, 6) is 0. The summed E-state index contributed by atoms with van der Waals surface area (Å²) in [6.07, 6.45) is 4.50. The van der Waals surface area contributed by atoms with Crippen LogP contribution in [0.15, 0.2) is 40.9 Å². The maximum atomic E-state index is 5.14. The highest BCUT2D eigenvalue weighted by Gasteiger charge is 2.02. The van der Waals surface area contributed by atoms with Gasteiger partial charge in [0.05, 0.1) is 11.7 Å². The summed E-state index contributed by atoms with van der Waals surface area (Å²) in [6, 6.07) is 10.2. The molecule has 0 amide bonds. The molecule has 0 atom stereocenters. The summed E-state index contributed by atoms with van der Waals surface area (Å²) in [6.45, 7) is 0. The van der Waals surface area contributed by atoms with Crippen molar-refractivity contribution in [3.8, 4) is 0 Å². The summed E-state index contributed by atoms with van der Waals surface area (Å²) >= 11 is 0. The molecule has 3 rings (SSSR count). The van der Waals surface area contributed by atoms with Crippen molar-refractivity contribution in [1.82, 2.24) is 4.40 Å². The molecule has 3 aromatic rings. The first-order valence-corrected chi connectivity index (χ1v) is 3.81. The van der Waals surface area contributed by atoms with Gasteiger partial charge in [-0.25, -0.2) is 0 Å². The minimum atomic E-state index is 0.844. The van der Waals surface area contributed by atoms with Crippen molar-refractivity contribution in [2.75, 3.05) is 0 Å². The molecular weight excluding hydrogens is 150 g/mol. The van der Waals surface area contributed by atoms with E-state index in [0.29, 0.717) is 0 Å². The Morgan fingerprint density at radius 2 is 2.17 bits per heavy atom. The lowest BCUT2D eigenvalue weighted by Crippen LogP contribution is -1.73. The Morgan fingerprint density at radius 3 is 3.17 bits per heavy atom. The fourth-order valence-corrected chi connectivity index (χ4v) is 1.50. The molecular formula is C10H6NO. The SMILES string of the molecule is [c]1cn2c(cc3ccccc32)o1. The van der Waals surface area contributed by atoms with Crippen LogP contribution in [0.4, 0.5) is 0 Å². The Balaban J connectivity index is 2.68. The summed E-state index contributed by atoms with van der Waals surface area (Å²) in [5, 5.41) is 1.20. The standard InChI is InChI=1S/C10H6NO/c1-2-4-9-8(3-1)7-10-11(9)5-6-12-10/h1-5,7H.